The first kappa shape index (κ1) is 27.3. The van der Waals surface area contributed by atoms with Gasteiger partial charge in [-0.3, -0.25) is 9.59 Å². The topological polar surface area (TPSA) is 134 Å². The molecular weight excluding hydrogens is 464 g/mol. The molecule has 2 fully saturated rings. The number of hydrogen-bond donors (Lipinski definition) is 4. The SMILES string of the molecule is CCCCCC(=O)OCC1=C[C@@H]2C(O)[C@]3(C=C(C)[C@H](O)[C@@]3(O)[C@@H]1O)[C@H](C)C[C@]1(OC(C)=O)[C@H]2C1(C)C. The van der Waals surface area contributed by atoms with Gasteiger partial charge < -0.3 is 29.9 Å². The predicted molar refractivity (Wildman–Crippen MR) is 131 cm³/mol. The van der Waals surface area contributed by atoms with Crippen molar-refractivity contribution in [1.82, 2.24) is 0 Å². The van der Waals surface area contributed by atoms with E-state index in [-0.39, 0.29) is 24.5 Å². The molecule has 2 saturated carbocycles. The van der Waals surface area contributed by atoms with Crippen LogP contribution in [0.1, 0.15) is 73.6 Å². The minimum absolute atomic E-state index is 0.239. The molecule has 8 heteroatoms. The number of aliphatic hydroxyl groups excluding tert-OH is 3. The fraction of sp³-hybridized carbons (Fsp3) is 0.786. The fourth-order valence-electron chi connectivity index (χ4n) is 8.04. The number of carbonyl (C=O) groups is 2. The van der Waals surface area contributed by atoms with Crippen LogP contribution in [-0.4, -0.2) is 68.5 Å². The molecule has 0 saturated heterocycles. The average Bonchev–Trinajstić information content (AvgIpc) is 3.20. The van der Waals surface area contributed by atoms with E-state index in [1.807, 2.05) is 27.7 Å². The highest BCUT2D eigenvalue weighted by Gasteiger charge is 2.82. The van der Waals surface area contributed by atoms with Crippen LogP contribution in [0.4, 0.5) is 0 Å². The number of ether oxygens (including phenoxy) is 2. The normalized spacial score (nSPS) is 44.3. The van der Waals surface area contributed by atoms with Crippen LogP contribution in [0, 0.1) is 28.6 Å². The molecule has 0 radical (unpaired) electrons. The van der Waals surface area contributed by atoms with Crippen LogP contribution >= 0.6 is 0 Å². The van der Waals surface area contributed by atoms with E-state index >= 15 is 0 Å². The van der Waals surface area contributed by atoms with Crippen molar-refractivity contribution in [2.75, 3.05) is 6.61 Å². The molecule has 36 heavy (non-hydrogen) atoms. The minimum Gasteiger partial charge on any atom is -0.461 e. The first-order valence-corrected chi connectivity index (χ1v) is 13.2. The Morgan fingerprint density at radius 3 is 2.42 bits per heavy atom. The molecule has 0 amide bonds. The van der Waals surface area contributed by atoms with Crippen molar-refractivity contribution >= 4 is 11.9 Å². The van der Waals surface area contributed by atoms with Crippen molar-refractivity contribution in [2.45, 2.75) is 103 Å². The second kappa shape index (κ2) is 8.93. The Morgan fingerprint density at radius 1 is 1.14 bits per heavy atom. The van der Waals surface area contributed by atoms with Crippen molar-refractivity contribution in [3.63, 3.8) is 0 Å². The maximum absolute atomic E-state index is 12.4. The Kier molecular flexibility index (Phi) is 6.77. The van der Waals surface area contributed by atoms with Crippen molar-refractivity contribution in [1.29, 1.82) is 0 Å². The number of aliphatic hydroxyl groups is 4. The Labute approximate surface area is 213 Å². The van der Waals surface area contributed by atoms with Crippen LogP contribution in [0.5, 0.6) is 0 Å². The van der Waals surface area contributed by atoms with Gasteiger partial charge in [0.15, 0.2) is 0 Å². The smallest absolute Gasteiger partial charge is 0.306 e. The summed E-state index contributed by atoms with van der Waals surface area (Å²) in [5.74, 6) is -2.19. The summed E-state index contributed by atoms with van der Waals surface area (Å²) in [5.41, 5.74) is -4.20. The molecule has 0 aromatic carbocycles. The number of carbonyl (C=O) groups excluding carboxylic acids is 2. The molecule has 9 atom stereocenters. The van der Waals surface area contributed by atoms with Crippen molar-refractivity contribution in [2.24, 2.45) is 28.6 Å². The van der Waals surface area contributed by atoms with Crippen LogP contribution in [0.25, 0.3) is 0 Å². The Balaban J connectivity index is 1.80. The number of hydrogen-bond acceptors (Lipinski definition) is 8. The van der Waals surface area contributed by atoms with Crippen molar-refractivity contribution in [3.05, 3.63) is 23.3 Å². The fourth-order valence-corrected chi connectivity index (χ4v) is 8.04. The van der Waals surface area contributed by atoms with Crippen molar-refractivity contribution < 1.29 is 39.5 Å². The van der Waals surface area contributed by atoms with Crippen LogP contribution < -0.4 is 0 Å². The molecule has 0 heterocycles. The highest BCUT2D eigenvalue weighted by atomic mass is 16.6. The summed E-state index contributed by atoms with van der Waals surface area (Å²) in [6.07, 6.45) is 2.40. The summed E-state index contributed by atoms with van der Waals surface area (Å²) in [7, 11) is 0. The Hall–Kier alpha value is -1.74. The largest absolute Gasteiger partial charge is 0.461 e. The lowest BCUT2D eigenvalue weighted by Crippen LogP contribution is -2.66. The van der Waals surface area contributed by atoms with Gasteiger partial charge in [-0.25, -0.2) is 0 Å². The van der Waals surface area contributed by atoms with Gasteiger partial charge in [0.25, 0.3) is 0 Å². The van der Waals surface area contributed by atoms with E-state index in [2.05, 4.69) is 0 Å². The van der Waals surface area contributed by atoms with E-state index in [1.165, 1.54) is 6.92 Å². The maximum Gasteiger partial charge on any atom is 0.306 e. The summed E-state index contributed by atoms with van der Waals surface area (Å²) in [6, 6.07) is 0. The number of rotatable bonds is 7. The zero-order valence-corrected chi connectivity index (χ0v) is 22.3. The van der Waals surface area contributed by atoms with Gasteiger partial charge in [-0.15, -0.1) is 0 Å². The molecule has 0 aromatic rings. The summed E-state index contributed by atoms with van der Waals surface area (Å²) in [4.78, 5) is 24.6. The zero-order chi connectivity index (χ0) is 26.8. The number of fused-ring (bicyclic) bond motifs is 3. The second-order valence-corrected chi connectivity index (χ2v) is 12.1. The van der Waals surface area contributed by atoms with E-state index < -0.39 is 64.1 Å². The summed E-state index contributed by atoms with van der Waals surface area (Å²) >= 11 is 0. The molecule has 4 rings (SSSR count). The quantitative estimate of drug-likeness (QED) is 0.235. The lowest BCUT2D eigenvalue weighted by atomic mass is 9.58. The molecule has 1 spiro atoms. The highest BCUT2D eigenvalue weighted by molar-refractivity contribution is 5.69. The van der Waals surface area contributed by atoms with E-state index in [4.69, 9.17) is 9.47 Å². The first-order valence-electron chi connectivity index (χ1n) is 13.2. The summed E-state index contributed by atoms with van der Waals surface area (Å²) in [6.45, 7) is 10.7. The van der Waals surface area contributed by atoms with E-state index in [1.54, 1.807) is 19.1 Å². The molecule has 0 aliphatic heterocycles. The van der Waals surface area contributed by atoms with Crippen molar-refractivity contribution in [3.8, 4) is 0 Å². The van der Waals surface area contributed by atoms with Gasteiger partial charge in [0.05, 0.1) is 11.5 Å². The molecule has 1 unspecified atom stereocenters. The standard InChI is InChI=1S/C28H42O8/c1-7-8-9-10-20(30)35-14-18-11-19-21-25(5,6)27(21,36-17(4)29)13-16(3)26(24(19)33)12-15(2)22(31)28(26,34)23(18)32/h11-12,16,19,21-24,31-34H,7-10,13-14H2,1-6H3/t16-,19+,21-,22+,23-,24?,26+,27+,28-/m1/s1. The van der Waals surface area contributed by atoms with Crippen LogP contribution in [0.3, 0.4) is 0 Å². The molecular formula is C28H42O8. The Morgan fingerprint density at radius 2 is 1.81 bits per heavy atom. The first-order chi connectivity index (χ1) is 16.7. The Bertz CT molecular complexity index is 984. The van der Waals surface area contributed by atoms with Crippen LogP contribution in [0.2, 0.25) is 0 Å². The molecule has 8 nitrogen and oxygen atoms in total. The van der Waals surface area contributed by atoms with Gasteiger partial charge in [0.1, 0.15) is 30.0 Å². The molecule has 4 aliphatic rings. The van der Waals surface area contributed by atoms with E-state index in [9.17, 15) is 30.0 Å². The minimum atomic E-state index is -2.15. The monoisotopic (exact) mass is 506 g/mol. The summed E-state index contributed by atoms with van der Waals surface area (Å²) in [5, 5.41) is 47.0. The third-order valence-electron chi connectivity index (χ3n) is 9.84. The molecule has 2 bridgehead atoms. The third kappa shape index (κ3) is 3.47. The van der Waals surface area contributed by atoms with E-state index in [0.717, 1.165) is 12.8 Å². The van der Waals surface area contributed by atoms with Gasteiger partial charge in [0.2, 0.25) is 0 Å². The van der Waals surface area contributed by atoms with Gasteiger partial charge >= 0.3 is 11.9 Å². The molecule has 4 aliphatic carbocycles. The second-order valence-electron chi connectivity index (χ2n) is 12.1. The lowest BCUT2D eigenvalue weighted by Gasteiger charge is -2.51. The van der Waals surface area contributed by atoms with Gasteiger partial charge in [-0.2, -0.15) is 0 Å². The van der Waals surface area contributed by atoms with Gasteiger partial charge in [-0.1, -0.05) is 52.7 Å². The summed E-state index contributed by atoms with van der Waals surface area (Å²) < 4.78 is 11.5. The molecule has 4 N–H and O–H groups in total. The van der Waals surface area contributed by atoms with Crippen LogP contribution in [0.15, 0.2) is 23.3 Å². The molecule has 0 aromatic heterocycles. The lowest BCUT2D eigenvalue weighted by molar-refractivity contribution is -0.217. The van der Waals surface area contributed by atoms with E-state index in [0.29, 0.717) is 18.4 Å². The maximum atomic E-state index is 12.4. The number of unbranched alkanes of at least 4 members (excludes halogenated alkanes) is 2. The number of esters is 2. The predicted octanol–water partition coefficient (Wildman–Crippen LogP) is 2.42. The third-order valence-corrected chi connectivity index (χ3v) is 9.84. The zero-order valence-electron chi connectivity index (χ0n) is 22.3. The van der Waals surface area contributed by atoms with Gasteiger partial charge in [0, 0.05) is 30.6 Å². The highest BCUT2D eigenvalue weighted by Crippen LogP contribution is 2.76. The van der Waals surface area contributed by atoms with Gasteiger partial charge in [-0.05, 0) is 36.8 Å². The molecule has 202 valence electrons. The average molecular weight is 507 g/mol. The van der Waals surface area contributed by atoms with Crippen LogP contribution in [-0.2, 0) is 19.1 Å².